The van der Waals surface area contributed by atoms with E-state index in [9.17, 15) is 9.90 Å². The third kappa shape index (κ3) is 8.21. The van der Waals surface area contributed by atoms with Crippen molar-refractivity contribution >= 4 is 16.6 Å². The topological polar surface area (TPSA) is 50.2 Å². The Hall–Kier alpha value is -2.29. The number of ketones is 1. The van der Waals surface area contributed by atoms with Gasteiger partial charge in [0.25, 0.3) is 0 Å². The summed E-state index contributed by atoms with van der Waals surface area (Å²) in [5.41, 5.74) is 4.99. The number of pyridine rings is 1. The second-order valence-corrected chi connectivity index (χ2v) is 10.5. The molecule has 179 valence electrons. The number of allylic oxidation sites excluding steroid dienone is 2. The molecule has 0 atom stereocenters. The Morgan fingerprint density at radius 1 is 0.909 bits per heavy atom. The van der Waals surface area contributed by atoms with E-state index in [-0.39, 0.29) is 37.1 Å². The van der Waals surface area contributed by atoms with Gasteiger partial charge in [0.15, 0.2) is 5.78 Å². The second kappa shape index (κ2) is 11.2. The smallest absolute Gasteiger partial charge is 0.164 e. The second-order valence-electron chi connectivity index (χ2n) is 10.5. The fourth-order valence-corrected chi connectivity index (χ4v) is 3.08. The van der Waals surface area contributed by atoms with E-state index in [4.69, 9.17) is 0 Å². The van der Waals surface area contributed by atoms with Crippen molar-refractivity contribution in [2.24, 2.45) is 10.8 Å². The Morgan fingerprint density at radius 2 is 1.55 bits per heavy atom. The minimum atomic E-state index is -0.417. The molecule has 0 spiro atoms. The molecule has 3 nitrogen and oxygen atoms in total. The Morgan fingerprint density at radius 3 is 2.09 bits per heavy atom. The molecule has 1 N–H and O–H groups in total. The molecule has 4 heteroatoms. The zero-order valence-corrected chi connectivity index (χ0v) is 23.6. The maximum Gasteiger partial charge on any atom is 0.164 e. The summed E-state index contributed by atoms with van der Waals surface area (Å²) in [5, 5.41) is 12.0. The molecule has 0 saturated carbocycles. The normalized spacial score (nSPS) is 12.0. The van der Waals surface area contributed by atoms with Crippen molar-refractivity contribution in [3.8, 4) is 11.3 Å². The van der Waals surface area contributed by atoms with Crippen LogP contribution in [-0.2, 0) is 24.9 Å². The van der Waals surface area contributed by atoms with Crippen molar-refractivity contribution in [1.82, 2.24) is 4.98 Å². The summed E-state index contributed by atoms with van der Waals surface area (Å²) >= 11 is 0. The molecule has 0 unspecified atom stereocenters. The van der Waals surface area contributed by atoms with Crippen LogP contribution in [0, 0.1) is 37.7 Å². The minimum absolute atomic E-state index is 0. The fraction of sp³-hybridized carbons (Fsp3) is 0.379. The molecule has 0 aliphatic carbocycles. The number of aliphatic hydroxyl groups is 1. The van der Waals surface area contributed by atoms with Crippen LogP contribution >= 0.6 is 0 Å². The van der Waals surface area contributed by atoms with Crippen LogP contribution in [0.2, 0.25) is 0 Å². The van der Waals surface area contributed by atoms with Gasteiger partial charge >= 0.3 is 0 Å². The van der Waals surface area contributed by atoms with E-state index in [1.807, 2.05) is 47.7 Å². The maximum atomic E-state index is 11.5. The molecule has 0 fully saturated rings. The van der Waals surface area contributed by atoms with Crippen LogP contribution in [0.4, 0.5) is 0 Å². The first-order valence-electron chi connectivity index (χ1n) is 11.0. The Balaban J connectivity index is 0.000000346. The van der Waals surface area contributed by atoms with E-state index in [1.165, 1.54) is 28.0 Å². The van der Waals surface area contributed by atoms with Gasteiger partial charge in [0, 0.05) is 43.2 Å². The van der Waals surface area contributed by atoms with Gasteiger partial charge in [-0.1, -0.05) is 79.2 Å². The first-order chi connectivity index (χ1) is 14.7. The van der Waals surface area contributed by atoms with E-state index in [0.717, 1.165) is 16.8 Å². The molecule has 0 bridgehead atoms. The predicted octanol–water partition coefficient (Wildman–Crippen LogP) is 7.71. The number of aromatic nitrogens is 1. The van der Waals surface area contributed by atoms with Crippen molar-refractivity contribution < 1.29 is 30.0 Å². The summed E-state index contributed by atoms with van der Waals surface area (Å²) in [4.78, 5) is 16.1. The molecule has 3 aromatic rings. The largest absolute Gasteiger partial charge is 0.512 e. The quantitative estimate of drug-likeness (QED) is 0.181. The van der Waals surface area contributed by atoms with Gasteiger partial charge in [-0.2, -0.15) is 0 Å². The number of aliphatic hydroxyl groups excluding tert-OH is 1. The molecular weight excluding hydrogens is 587 g/mol. The Labute approximate surface area is 212 Å². The van der Waals surface area contributed by atoms with Gasteiger partial charge in [-0.15, -0.1) is 34.9 Å². The third-order valence-electron chi connectivity index (χ3n) is 5.10. The number of carbonyl (C=O) groups is 1. The molecule has 0 saturated heterocycles. The van der Waals surface area contributed by atoms with E-state index >= 15 is 0 Å². The number of fused-ring (bicyclic) bond motifs is 1. The monoisotopic (exact) mass is 623 g/mol. The van der Waals surface area contributed by atoms with Crippen molar-refractivity contribution in [2.75, 3.05) is 0 Å². The van der Waals surface area contributed by atoms with Gasteiger partial charge in [-0.05, 0) is 29.5 Å². The number of nitrogens with zero attached hydrogens (tertiary/aromatic N) is 1. The first-order valence-corrected chi connectivity index (χ1v) is 11.0. The molecule has 0 aliphatic heterocycles. The van der Waals surface area contributed by atoms with Crippen molar-refractivity contribution in [3.05, 3.63) is 77.2 Å². The first kappa shape index (κ1) is 28.7. The number of carbonyl (C=O) groups excluding carboxylic acids is 1. The Kier molecular flexibility index (Phi) is 9.78. The van der Waals surface area contributed by atoms with Crippen LogP contribution in [0.15, 0.2) is 54.4 Å². The van der Waals surface area contributed by atoms with Crippen LogP contribution in [0.5, 0.6) is 0 Å². The standard InChI is InChI=1S/C18H16N.C11H20O2.Ir/c1-12-4-5-15-6-7-19-18(17(15)11-12)16-9-13(2)8-14(3)10-16;1-10(2,3)8(12)7-9(13)11(4,5)6;/h4-9,11H,1-3H3;7,12H,1-6H3;/q-1;;/b;8-7-;. The van der Waals surface area contributed by atoms with Gasteiger partial charge in [-0.3, -0.25) is 4.79 Å². The summed E-state index contributed by atoms with van der Waals surface area (Å²) in [7, 11) is 0. The van der Waals surface area contributed by atoms with Crippen LogP contribution in [0.3, 0.4) is 0 Å². The molecule has 1 aromatic heterocycles. The summed E-state index contributed by atoms with van der Waals surface area (Å²) in [6.07, 6.45) is 3.21. The SMILES string of the molecule is CC(C)(C)C(=O)/C=C(\O)C(C)(C)C.Cc1[c-]c(-c2nccc3ccc(C)cc23)cc(C)c1.[Ir]. The zero-order valence-electron chi connectivity index (χ0n) is 21.3. The summed E-state index contributed by atoms with van der Waals surface area (Å²) < 4.78 is 0. The third-order valence-corrected chi connectivity index (χ3v) is 5.10. The summed E-state index contributed by atoms with van der Waals surface area (Å²) in [6.45, 7) is 17.4. The summed E-state index contributed by atoms with van der Waals surface area (Å²) in [5.74, 6) is 0.104. The van der Waals surface area contributed by atoms with Gasteiger partial charge in [-0.25, -0.2) is 0 Å². The molecule has 0 amide bonds. The van der Waals surface area contributed by atoms with Gasteiger partial charge in [0.1, 0.15) is 5.76 Å². The van der Waals surface area contributed by atoms with Crippen molar-refractivity contribution in [3.63, 3.8) is 0 Å². The molecule has 1 heterocycles. The molecule has 33 heavy (non-hydrogen) atoms. The molecule has 2 aromatic carbocycles. The van der Waals surface area contributed by atoms with Crippen molar-refractivity contribution in [1.29, 1.82) is 0 Å². The van der Waals surface area contributed by atoms with E-state index in [1.54, 1.807) is 0 Å². The molecule has 1 radical (unpaired) electrons. The van der Waals surface area contributed by atoms with E-state index in [0.29, 0.717) is 0 Å². The van der Waals surface area contributed by atoms with Gasteiger partial charge < -0.3 is 10.1 Å². The van der Waals surface area contributed by atoms with Crippen LogP contribution in [-0.4, -0.2) is 15.9 Å². The minimum Gasteiger partial charge on any atom is -0.512 e. The number of aryl methyl sites for hydroxylation is 3. The number of hydrogen-bond acceptors (Lipinski definition) is 3. The maximum absolute atomic E-state index is 11.5. The number of hydrogen-bond donors (Lipinski definition) is 1. The average molecular weight is 623 g/mol. The van der Waals surface area contributed by atoms with Gasteiger partial charge in [0.2, 0.25) is 0 Å². The van der Waals surface area contributed by atoms with Crippen LogP contribution in [0.1, 0.15) is 58.2 Å². The number of rotatable bonds is 2. The molecule has 3 rings (SSSR count). The van der Waals surface area contributed by atoms with Crippen molar-refractivity contribution in [2.45, 2.75) is 62.3 Å². The average Bonchev–Trinajstić information content (AvgIpc) is 2.65. The predicted molar refractivity (Wildman–Crippen MR) is 135 cm³/mol. The fourth-order valence-electron chi connectivity index (χ4n) is 3.08. The molecule has 0 aliphatic rings. The number of benzene rings is 2. The summed E-state index contributed by atoms with van der Waals surface area (Å²) in [6, 6.07) is 16.2. The van der Waals surface area contributed by atoms with E-state index in [2.05, 4.69) is 68.2 Å². The molecular formula is C29H36IrNO2-. The zero-order chi connectivity index (χ0) is 24.3. The van der Waals surface area contributed by atoms with E-state index < -0.39 is 5.41 Å². The van der Waals surface area contributed by atoms with Gasteiger partial charge in [0.05, 0.1) is 0 Å². The van der Waals surface area contributed by atoms with Crippen LogP contribution in [0.25, 0.3) is 22.0 Å². The van der Waals surface area contributed by atoms with Crippen LogP contribution < -0.4 is 0 Å². The Bertz CT molecular complexity index is 1130.